The molecule has 0 bridgehead atoms. The number of urea groups is 1. The minimum absolute atomic E-state index is 0.141. The van der Waals surface area contributed by atoms with Crippen LogP contribution in [0.25, 0.3) is 5.82 Å². The standard InChI is InChI=1S/C17H21N7O3/c25-15(23-7-2-4-17(5-8-23)10-21-16(26)27-17)20-9-13-3-1-6-19-14(13)24-12-18-11-22-24/h1,3,6,11-12H,2,4-5,7-10H2,(H,20,25)(H,21,26)/t17-/m0/s1. The van der Waals surface area contributed by atoms with Gasteiger partial charge in [0.15, 0.2) is 5.82 Å². The van der Waals surface area contributed by atoms with E-state index in [0.717, 1.165) is 18.4 Å². The molecule has 2 aromatic heterocycles. The van der Waals surface area contributed by atoms with Crippen LogP contribution >= 0.6 is 0 Å². The highest BCUT2D eigenvalue weighted by molar-refractivity contribution is 5.74. The van der Waals surface area contributed by atoms with E-state index >= 15 is 0 Å². The number of hydrogen-bond donors (Lipinski definition) is 2. The maximum Gasteiger partial charge on any atom is 0.407 e. The maximum absolute atomic E-state index is 12.6. The molecule has 0 radical (unpaired) electrons. The molecule has 3 amide bonds. The first-order chi connectivity index (χ1) is 13.2. The minimum atomic E-state index is -0.476. The molecule has 2 fully saturated rings. The van der Waals surface area contributed by atoms with E-state index < -0.39 is 5.60 Å². The Kier molecular flexibility index (Phi) is 4.61. The average molecular weight is 371 g/mol. The van der Waals surface area contributed by atoms with Crippen molar-refractivity contribution in [1.82, 2.24) is 35.3 Å². The SMILES string of the molecule is O=C1NC[C@@]2(CCCN(C(=O)NCc3cccnc3-n3cncn3)CC2)O1. The number of nitrogens with one attached hydrogen (secondary N) is 2. The van der Waals surface area contributed by atoms with Gasteiger partial charge in [-0.3, -0.25) is 0 Å². The molecule has 0 aliphatic carbocycles. The highest BCUT2D eigenvalue weighted by Gasteiger charge is 2.41. The Bertz CT molecular complexity index is 826. The van der Waals surface area contributed by atoms with Crippen LogP contribution in [-0.4, -0.2) is 62.0 Å². The van der Waals surface area contributed by atoms with E-state index in [1.807, 2.05) is 12.1 Å². The number of carbonyl (C=O) groups is 2. The second kappa shape index (κ2) is 7.22. The minimum Gasteiger partial charge on any atom is -0.441 e. The number of rotatable bonds is 3. The van der Waals surface area contributed by atoms with E-state index in [-0.39, 0.29) is 12.1 Å². The molecular formula is C17H21N7O3. The van der Waals surface area contributed by atoms with Crippen molar-refractivity contribution in [1.29, 1.82) is 0 Å². The third-order valence-corrected chi connectivity index (χ3v) is 4.98. The normalized spacial score (nSPS) is 22.2. The lowest BCUT2D eigenvalue weighted by Gasteiger charge is -2.25. The van der Waals surface area contributed by atoms with Gasteiger partial charge in [-0.05, 0) is 18.9 Å². The van der Waals surface area contributed by atoms with Crippen LogP contribution in [0, 0.1) is 0 Å². The zero-order valence-corrected chi connectivity index (χ0v) is 14.8. The molecule has 1 spiro atoms. The van der Waals surface area contributed by atoms with Gasteiger partial charge in [0.2, 0.25) is 0 Å². The lowest BCUT2D eigenvalue weighted by Crippen LogP contribution is -2.41. The molecule has 4 rings (SSSR count). The van der Waals surface area contributed by atoms with Crippen molar-refractivity contribution in [2.75, 3.05) is 19.6 Å². The monoisotopic (exact) mass is 371 g/mol. The van der Waals surface area contributed by atoms with Crippen LogP contribution in [-0.2, 0) is 11.3 Å². The van der Waals surface area contributed by atoms with Crippen LogP contribution < -0.4 is 10.6 Å². The summed E-state index contributed by atoms with van der Waals surface area (Å²) in [5.74, 6) is 0.633. The predicted molar refractivity (Wildman–Crippen MR) is 94.0 cm³/mol. The van der Waals surface area contributed by atoms with Gasteiger partial charge in [-0.25, -0.2) is 24.2 Å². The van der Waals surface area contributed by atoms with Crippen molar-refractivity contribution in [3.63, 3.8) is 0 Å². The Morgan fingerprint density at radius 1 is 1.37 bits per heavy atom. The molecule has 10 nitrogen and oxygen atoms in total. The third kappa shape index (κ3) is 3.69. The molecule has 2 N–H and O–H groups in total. The van der Waals surface area contributed by atoms with Crippen molar-refractivity contribution in [3.8, 4) is 5.82 Å². The zero-order chi connectivity index (χ0) is 18.7. The van der Waals surface area contributed by atoms with Crippen LogP contribution in [0.3, 0.4) is 0 Å². The van der Waals surface area contributed by atoms with E-state index in [1.165, 1.54) is 6.33 Å². The van der Waals surface area contributed by atoms with Gasteiger partial charge in [-0.15, -0.1) is 0 Å². The lowest BCUT2D eigenvalue weighted by atomic mass is 9.95. The van der Waals surface area contributed by atoms with E-state index in [9.17, 15) is 9.59 Å². The van der Waals surface area contributed by atoms with Gasteiger partial charge >= 0.3 is 12.1 Å². The first-order valence-corrected chi connectivity index (χ1v) is 8.94. The van der Waals surface area contributed by atoms with Crippen molar-refractivity contribution in [2.24, 2.45) is 0 Å². The van der Waals surface area contributed by atoms with Crippen LogP contribution in [0.2, 0.25) is 0 Å². The number of amides is 3. The number of likely N-dealkylation sites (tertiary alicyclic amines) is 1. The van der Waals surface area contributed by atoms with Crippen molar-refractivity contribution in [3.05, 3.63) is 36.5 Å². The van der Waals surface area contributed by atoms with Crippen LogP contribution in [0.15, 0.2) is 31.0 Å². The Morgan fingerprint density at radius 2 is 2.30 bits per heavy atom. The summed E-state index contributed by atoms with van der Waals surface area (Å²) in [5, 5.41) is 9.76. The smallest absolute Gasteiger partial charge is 0.407 e. The quantitative estimate of drug-likeness (QED) is 0.826. The van der Waals surface area contributed by atoms with Crippen LogP contribution in [0.5, 0.6) is 0 Å². The zero-order valence-electron chi connectivity index (χ0n) is 14.8. The summed E-state index contributed by atoms with van der Waals surface area (Å²) in [6.07, 6.45) is 6.50. The average Bonchev–Trinajstić information content (AvgIpc) is 3.28. The Labute approximate surface area is 155 Å². The highest BCUT2D eigenvalue weighted by Crippen LogP contribution is 2.29. The molecule has 2 aliphatic rings. The fourth-order valence-electron chi connectivity index (χ4n) is 3.53. The van der Waals surface area contributed by atoms with E-state index in [1.54, 1.807) is 22.1 Å². The summed E-state index contributed by atoms with van der Waals surface area (Å²) >= 11 is 0. The number of carbonyl (C=O) groups excluding carboxylic acids is 2. The second-order valence-corrected chi connectivity index (χ2v) is 6.75. The molecule has 2 saturated heterocycles. The molecule has 1 atom stereocenters. The number of hydrogen-bond acceptors (Lipinski definition) is 6. The number of aromatic nitrogens is 4. The highest BCUT2D eigenvalue weighted by atomic mass is 16.6. The Morgan fingerprint density at radius 3 is 3.07 bits per heavy atom. The first kappa shape index (κ1) is 17.3. The van der Waals surface area contributed by atoms with E-state index in [0.29, 0.717) is 38.4 Å². The summed E-state index contributed by atoms with van der Waals surface area (Å²) in [6, 6.07) is 3.57. The van der Waals surface area contributed by atoms with Gasteiger partial charge < -0.3 is 20.3 Å². The molecule has 27 heavy (non-hydrogen) atoms. The second-order valence-electron chi connectivity index (χ2n) is 6.75. The molecular weight excluding hydrogens is 350 g/mol. The van der Waals surface area contributed by atoms with Crippen molar-refractivity contribution < 1.29 is 14.3 Å². The molecule has 10 heteroatoms. The fraction of sp³-hybridized carbons (Fsp3) is 0.471. The van der Waals surface area contributed by atoms with Gasteiger partial charge in [-0.2, -0.15) is 5.10 Å². The predicted octanol–water partition coefficient (Wildman–Crippen LogP) is 0.836. The Hall–Kier alpha value is -3.17. The molecule has 142 valence electrons. The molecule has 0 unspecified atom stereocenters. The van der Waals surface area contributed by atoms with Gasteiger partial charge in [0.25, 0.3) is 0 Å². The van der Waals surface area contributed by atoms with Crippen molar-refractivity contribution >= 4 is 12.1 Å². The van der Waals surface area contributed by atoms with Gasteiger partial charge in [0.05, 0.1) is 6.54 Å². The number of alkyl carbamates (subject to hydrolysis) is 1. The largest absolute Gasteiger partial charge is 0.441 e. The van der Waals surface area contributed by atoms with Crippen molar-refractivity contribution in [2.45, 2.75) is 31.4 Å². The maximum atomic E-state index is 12.6. The summed E-state index contributed by atoms with van der Waals surface area (Å²) in [7, 11) is 0. The molecule has 2 aliphatic heterocycles. The number of ether oxygens (including phenoxy) is 1. The summed E-state index contributed by atoms with van der Waals surface area (Å²) in [5.41, 5.74) is 0.368. The number of pyridine rings is 1. The fourth-order valence-corrected chi connectivity index (χ4v) is 3.53. The van der Waals surface area contributed by atoms with Gasteiger partial charge in [0, 0.05) is 37.8 Å². The van der Waals surface area contributed by atoms with Gasteiger partial charge in [0.1, 0.15) is 18.3 Å². The van der Waals surface area contributed by atoms with Crippen LogP contribution in [0.4, 0.5) is 9.59 Å². The molecule has 0 saturated carbocycles. The summed E-state index contributed by atoms with van der Waals surface area (Å²) in [4.78, 5) is 34.0. The summed E-state index contributed by atoms with van der Waals surface area (Å²) < 4.78 is 7.02. The lowest BCUT2D eigenvalue weighted by molar-refractivity contribution is 0.0453. The summed E-state index contributed by atoms with van der Waals surface area (Å²) in [6.45, 7) is 2.02. The first-order valence-electron chi connectivity index (χ1n) is 8.94. The number of nitrogens with zero attached hydrogens (tertiary/aromatic N) is 5. The van der Waals surface area contributed by atoms with E-state index in [2.05, 4.69) is 25.7 Å². The Balaban J connectivity index is 1.37. The van der Waals surface area contributed by atoms with Gasteiger partial charge in [-0.1, -0.05) is 6.07 Å². The van der Waals surface area contributed by atoms with Crippen LogP contribution in [0.1, 0.15) is 24.8 Å². The topological polar surface area (TPSA) is 114 Å². The van der Waals surface area contributed by atoms with E-state index in [4.69, 9.17) is 4.74 Å². The third-order valence-electron chi connectivity index (χ3n) is 4.98. The molecule has 4 heterocycles. The molecule has 0 aromatic carbocycles. The molecule has 2 aromatic rings.